The van der Waals surface area contributed by atoms with Gasteiger partial charge in [0.25, 0.3) is 0 Å². The summed E-state index contributed by atoms with van der Waals surface area (Å²) in [5, 5.41) is -0.205. The second-order valence-electron chi connectivity index (χ2n) is 4.63. The van der Waals surface area contributed by atoms with E-state index in [1.807, 2.05) is 0 Å². The SMILES string of the molecule is COc1ccc(S(=O)(=O)C2CCC(OC)C2)c(Cl)c1. The van der Waals surface area contributed by atoms with Crippen LogP contribution in [0.25, 0.3) is 0 Å². The maximum absolute atomic E-state index is 12.5. The van der Waals surface area contributed by atoms with Crippen LogP contribution in [0.4, 0.5) is 0 Å². The highest BCUT2D eigenvalue weighted by Crippen LogP contribution is 2.35. The average molecular weight is 305 g/mol. The monoisotopic (exact) mass is 304 g/mol. The van der Waals surface area contributed by atoms with Gasteiger partial charge in [-0.15, -0.1) is 0 Å². The van der Waals surface area contributed by atoms with Crippen LogP contribution >= 0.6 is 11.6 Å². The van der Waals surface area contributed by atoms with Gasteiger partial charge in [0.15, 0.2) is 9.84 Å². The lowest BCUT2D eigenvalue weighted by molar-refractivity contribution is 0.109. The zero-order valence-electron chi connectivity index (χ0n) is 10.9. The van der Waals surface area contributed by atoms with Crippen molar-refractivity contribution in [1.29, 1.82) is 0 Å². The highest BCUT2D eigenvalue weighted by atomic mass is 35.5. The molecular formula is C13H17ClO4S. The van der Waals surface area contributed by atoms with Gasteiger partial charge in [-0.3, -0.25) is 0 Å². The van der Waals surface area contributed by atoms with Crippen molar-refractivity contribution >= 4 is 21.4 Å². The van der Waals surface area contributed by atoms with E-state index in [9.17, 15) is 8.42 Å². The van der Waals surface area contributed by atoms with E-state index in [1.165, 1.54) is 19.2 Å². The van der Waals surface area contributed by atoms with Crippen molar-refractivity contribution in [2.24, 2.45) is 0 Å². The number of sulfone groups is 1. The molecule has 1 fully saturated rings. The summed E-state index contributed by atoms with van der Waals surface area (Å²) in [4.78, 5) is 0.178. The molecule has 6 heteroatoms. The van der Waals surface area contributed by atoms with Gasteiger partial charge in [-0.25, -0.2) is 8.42 Å². The zero-order chi connectivity index (χ0) is 14.0. The summed E-state index contributed by atoms with van der Waals surface area (Å²) in [5.74, 6) is 0.546. The number of ether oxygens (including phenoxy) is 2. The van der Waals surface area contributed by atoms with Gasteiger partial charge >= 0.3 is 0 Å². The van der Waals surface area contributed by atoms with Crippen molar-refractivity contribution in [1.82, 2.24) is 0 Å². The number of hydrogen-bond donors (Lipinski definition) is 0. The Hall–Kier alpha value is -0.780. The summed E-state index contributed by atoms with van der Waals surface area (Å²) in [6.45, 7) is 0. The normalized spacial score (nSPS) is 23.5. The molecule has 19 heavy (non-hydrogen) atoms. The standard InChI is InChI=1S/C13H17ClO4S/c1-17-9-3-5-11(7-9)19(15,16)13-6-4-10(18-2)8-12(13)14/h4,6,8-9,11H,3,5,7H2,1-2H3. The van der Waals surface area contributed by atoms with Gasteiger partial charge in [-0.05, 0) is 31.4 Å². The van der Waals surface area contributed by atoms with E-state index < -0.39 is 15.1 Å². The van der Waals surface area contributed by atoms with E-state index in [0.29, 0.717) is 18.6 Å². The second-order valence-corrected chi connectivity index (χ2v) is 7.24. The Labute approximate surface area is 118 Å². The van der Waals surface area contributed by atoms with E-state index in [0.717, 1.165) is 6.42 Å². The molecule has 0 spiro atoms. The van der Waals surface area contributed by atoms with Crippen molar-refractivity contribution in [3.63, 3.8) is 0 Å². The minimum atomic E-state index is -3.40. The molecule has 0 amide bonds. The van der Waals surface area contributed by atoms with Gasteiger partial charge in [0.1, 0.15) is 5.75 Å². The predicted molar refractivity (Wildman–Crippen MR) is 73.6 cm³/mol. The Balaban J connectivity index is 2.30. The fraction of sp³-hybridized carbons (Fsp3) is 0.538. The van der Waals surface area contributed by atoms with Gasteiger partial charge in [-0.2, -0.15) is 0 Å². The van der Waals surface area contributed by atoms with Crippen molar-refractivity contribution < 1.29 is 17.9 Å². The molecule has 2 atom stereocenters. The summed E-state index contributed by atoms with van der Waals surface area (Å²) in [6.07, 6.45) is 1.94. The molecule has 106 valence electrons. The number of benzene rings is 1. The number of halogens is 1. The molecule has 0 bridgehead atoms. The maximum Gasteiger partial charge on any atom is 0.182 e. The Bertz CT molecular complexity index is 556. The molecule has 1 saturated carbocycles. The summed E-state index contributed by atoms with van der Waals surface area (Å²) >= 11 is 6.05. The fourth-order valence-corrected chi connectivity index (χ4v) is 4.77. The third kappa shape index (κ3) is 2.88. The molecule has 1 aliphatic rings. The number of methoxy groups -OCH3 is 2. The molecule has 1 aromatic carbocycles. The Kier molecular flexibility index (Phi) is 4.38. The molecule has 1 aromatic rings. The van der Waals surface area contributed by atoms with Crippen LogP contribution in [0.1, 0.15) is 19.3 Å². The topological polar surface area (TPSA) is 52.6 Å². The molecule has 2 unspecified atom stereocenters. The van der Waals surface area contributed by atoms with Crippen molar-refractivity contribution in [3.05, 3.63) is 23.2 Å². The van der Waals surface area contributed by atoms with Crippen LogP contribution in [-0.2, 0) is 14.6 Å². The lowest BCUT2D eigenvalue weighted by atomic mass is 10.3. The first-order chi connectivity index (χ1) is 8.98. The first-order valence-electron chi connectivity index (χ1n) is 6.09. The van der Waals surface area contributed by atoms with E-state index in [2.05, 4.69) is 0 Å². The van der Waals surface area contributed by atoms with Crippen LogP contribution in [0, 0.1) is 0 Å². The van der Waals surface area contributed by atoms with E-state index >= 15 is 0 Å². The van der Waals surface area contributed by atoms with Crippen LogP contribution < -0.4 is 4.74 Å². The first-order valence-corrected chi connectivity index (χ1v) is 8.01. The third-order valence-corrected chi connectivity index (χ3v) is 6.25. The molecule has 1 aliphatic carbocycles. The summed E-state index contributed by atoms with van der Waals surface area (Å²) < 4.78 is 35.3. The Morgan fingerprint density at radius 3 is 2.53 bits per heavy atom. The van der Waals surface area contributed by atoms with Crippen molar-refractivity contribution in [2.45, 2.75) is 35.5 Å². The lowest BCUT2D eigenvalue weighted by Crippen LogP contribution is -2.20. The van der Waals surface area contributed by atoms with Crippen molar-refractivity contribution in [2.75, 3.05) is 14.2 Å². The summed E-state index contributed by atoms with van der Waals surface area (Å²) in [5.41, 5.74) is 0. The fourth-order valence-electron chi connectivity index (χ4n) is 2.42. The van der Waals surface area contributed by atoms with E-state index in [4.69, 9.17) is 21.1 Å². The quantitative estimate of drug-likeness (QED) is 0.858. The van der Waals surface area contributed by atoms with Gasteiger partial charge in [0.2, 0.25) is 0 Å². The number of hydrogen-bond acceptors (Lipinski definition) is 4. The second kappa shape index (κ2) is 5.69. The van der Waals surface area contributed by atoms with Gasteiger partial charge in [0, 0.05) is 13.2 Å². The third-order valence-electron chi connectivity index (χ3n) is 3.55. The van der Waals surface area contributed by atoms with Gasteiger partial charge < -0.3 is 9.47 Å². The smallest absolute Gasteiger partial charge is 0.182 e. The van der Waals surface area contributed by atoms with Crippen LogP contribution in [-0.4, -0.2) is 34.0 Å². The lowest BCUT2D eigenvalue weighted by Gasteiger charge is -2.14. The van der Waals surface area contributed by atoms with E-state index in [1.54, 1.807) is 13.2 Å². The largest absolute Gasteiger partial charge is 0.497 e. The summed E-state index contributed by atoms with van der Waals surface area (Å²) in [7, 11) is -0.280. The molecule has 0 radical (unpaired) electrons. The summed E-state index contributed by atoms with van der Waals surface area (Å²) in [6, 6.07) is 4.65. The molecule has 4 nitrogen and oxygen atoms in total. The molecule has 0 saturated heterocycles. The van der Waals surface area contributed by atoms with Crippen LogP contribution in [0.5, 0.6) is 5.75 Å². The van der Waals surface area contributed by atoms with Crippen molar-refractivity contribution in [3.8, 4) is 5.75 Å². The van der Waals surface area contributed by atoms with Crippen LogP contribution in [0.2, 0.25) is 5.02 Å². The molecule has 2 rings (SSSR count). The minimum Gasteiger partial charge on any atom is -0.497 e. The Morgan fingerprint density at radius 1 is 1.26 bits per heavy atom. The molecule has 0 heterocycles. The zero-order valence-corrected chi connectivity index (χ0v) is 12.5. The maximum atomic E-state index is 12.5. The molecule has 0 aliphatic heterocycles. The molecular weight excluding hydrogens is 288 g/mol. The average Bonchev–Trinajstić information content (AvgIpc) is 2.87. The highest BCUT2D eigenvalue weighted by molar-refractivity contribution is 7.92. The number of rotatable bonds is 4. The first kappa shape index (κ1) is 14.6. The minimum absolute atomic E-state index is 0.0248. The Morgan fingerprint density at radius 2 is 2.00 bits per heavy atom. The van der Waals surface area contributed by atoms with Crippen LogP contribution in [0.15, 0.2) is 23.1 Å². The molecule has 0 aromatic heterocycles. The van der Waals surface area contributed by atoms with Crippen LogP contribution in [0.3, 0.4) is 0 Å². The predicted octanol–water partition coefficient (Wildman–Crippen LogP) is 2.69. The van der Waals surface area contributed by atoms with Gasteiger partial charge in [-0.1, -0.05) is 11.6 Å². The highest BCUT2D eigenvalue weighted by Gasteiger charge is 2.36. The molecule has 0 N–H and O–H groups in total. The van der Waals surface area contributed by atoms with Gasteiger partial charge in [0.05, 0.1) is 28.4 Å². The van der Waals surface area contributed by atoms with E-state index in [-0.39, 0.29) is 16.0 Å².